The highest BCUT2D eigenvalue weighted by atomic mass is 32.1. The molecule has 112 valence electrons. The van der Waals surface area contributed by atoms with Gasteiger partial charge in [-0.05, 0) is 36.4 Å². The number of amides is 1. The summed E-state index contributed by atoms with van der Waals surface area (Å²) in [6, 6.07) is 12.3. The molecule has 0 spiro atoms. The van der Waals surface area contributed by atoms with Gasteiger partial charge in [0.25, 0.3) is 0 Å². The Morgan fingerprint density at radius 1 is 1.24 bits per heavy atom. The number of thiophene rings is 1. The van der Waals surface area contributed by atoms with Gasteiger partial charge in [-0.2, -0.15) is 0 Å². The van der Waals surface area contributed by atoms with Crippen LogP contribution in [0.5, 0.6) is 0 Å². The summed E-state index contributed by atoms with van der Waals surface area (Å²) in [6.45, 7) is 4.95. The van der Waals surface area contributed by atoms with E-state index in [-0.39, 0.29) is 11.9 Å². The van der Waals surface area contributed by atoms with E-state index in [2.05, 4.69) is 29.0 Å². The average molecular weight is 302 g/mol. The molecular weight excluding hydrogens is 280 g/mol. The van der Waals surface area contributed by atoms with Crippen LogP contribution in [0.1, 0.15) is 30.7 Å². The van der Waals surface area contributed by atoms with Crippen LogP contribution in [0.4, 0.5) is 5.69 Å². The van der Waals surface area contributed by atoms with Crippen LogP contribution in [0.3, 0.4) is 0 Å². The summed E-state index contributed by atoms with van der Waals surface area (Å²) in [5.74, 6) is 0.0575. The van der Waals surface area contributed by atoms with Gasteiger partial charge < -0.3 is 10.6 Å². The van der Waals surface area contributed by atoms with E-state index in [1.165, 1.54) is 10.4 Å². The Labute approximate surface area is 130 Å². The second-order valence-electron chi connectivity index (χ2n) is 5.12. The fraction of sp³-hybridized carbons (Fsp3) is 0.353. The third kappa shape index (κ3) is 4.99. The quantitative estimate of drug-likeness (QED) is 0.816. The van der Waals surface area contributed by atoms with Crippen molar-refractivity contribution >= 4 is 22.9 Å². The molecule has 1 unspecified atom stereocenters. The third-order valence-electron chi connectivity index (χ3n) is 3.37. The molecule has 4 heteroatoms. The van der Waals surface area contributed by atoms with Gasteiger partial charge >= 0.3 is 0 Å². The number of carbonyl (C=O) groups excluding carboxylic acids is 1. The number of anilines is 1. The van der Waals surface area contributed by atoms with Crippen molar-refractivity contribution in [1.29, 1.82) is 0 Å². The van der Waals surface area contributed by atoms with Crippen LogP contribution in [0.15, 0.2) is 41.8 Å². The summed E-state index contributed by atoms with van der Waals surface area (Å²) in [5.41, 5.74) is 2.10. The minimum absolute atomic E-state index is 0.0575. The molecular formula is C17H22N2OS. The van der Waals surface area contributed by atoms with Crippen molar-refractivity contribution < 1.29 is 4.79 Å². The van der Waals surface area contributed by atoms with Gasteiger partial charge in [0.2, 0.25) is 5.91 Å². The second-order valence-corrected chi connectivity index (χ2v) is 6.16. The van der Waals surface area contributed by atoms with Crippen LogP contribution in [-0.4, -0.2) is 11.9 Å². The van der Waals surface area contributed by atoms with Crippen molar-refractivity contribution in [2.45, 2.75) is 39.3 Å². The molecule has 21 heavy (non-hydrogen) atoms. The van der Waals surface area contributed by atoms with Crippen molar-refractivity contribution in [1.82, 2.24) is 5.32 Å². The predicted octanol–water partition coefficient (Wildman–Crippen LogP) is 3.82. The lowest BCUT2D eigenvalue weighted by atomic mass is 10.1. The molecule has 0 bridgehead atoms. The number of hydrogen-bond acceptors (Lipinski definition) is 3. The van der Waals surface area contributed by atoms with E-state index in [9.17, 15) is 4.79 Å². The van der Waals surface area contributed by atoms with Crippen LogP contribution in [0.2, 0.25) is 0 Å². The maximum Gasteiger partial charge on any atom is 0.225 e. The van der Waals surface area contributed by atoms with Gasteiger partial charge in [-0.15, -0.1) is 11.3 Å². The molecule has 2 N–H and O–H groups in total. The molecule has 0 radical (unpaired) electrons. The Balaban J connectivity index is 1.80. The lowest BCUT2D eigenvalue weighted by Crippen LogP contribution is -2.30. The summed E-state index contributed by atoms with van der Waals surface area (Å²) in [6.07, 6.45) is 1.39. The van der Waals surface area contributed by atoms with E-state index in [0.717, 1.165) is 18.7 Å². The van der Waals surface area contributed by atoms with Gasteiger partial charge in [0.15, 0.2) is 0 Å². The fourth-order valence-electron chi connectivity index (χ4n) is 2.19. The van der Waals surface area contributed by atoms with Gasteiger partial charge in [-0.25, -0.2) is 0 Å². The molecule has 0 aliphatic carbocycles. The van der Waals surface area contributed by atoms with E-state index in [1.54, 1.807) is 11.3 Å². The Kier molecular flexibility index (Phi) is 5.96. The minimum atomic E-state index is 0.0575. The van der Waals surface area contributed by atoms with Crippen molar-refractivity contribution in [3.05, 3.63) is 52.2 Å². The molecule has 1 aromatic heterocycles. The molecule has 0 saturated heterocycles. The van der Waals surface area contributed by atoms with Crippen LogP contribution >= 0.6 is 11.3 Å². The van der Waals surface area contributed by atoms with E-state index >= 15 is 0 Å². The lowest BCUT2D eigenvalue weighted by molar-refractivity contribution is -0.116. The number of rotatable bonds is 7. The first-order valence-electron chi connectivity index (χ1n) is 7.32. The number of nitrogens with one attached hydrogen (secondary N) is 2. The molecule has 0 aliphatic rings. The Bertz CT molecular complexity index is 566. The van der Waals surface area contributed by atoms with Gasteiger partial charge in [-0.3, -0.25) is 4.79 Å². The van der Waals surface area contributed by atoms with Crippen molar-refractivity contribution in [3.8, 4) is 0 Å². The van der Waals surface area contributed by atoms with Gasteiger partial charge in [0.05, 0.1) is 0 Å². The monoisotopic (exact) mass is 302 g/mol. The van der Waals surface area contributed by atoms with Crippen molar-refractivity contribution in [2.24, 2.45) is 0 Å². The molecule has 1 amide bonds. The van der Waals surface area contributed by atoms with Gasteiger partial charge in [0, 0.05) is 29.6 Å². The van der Waals surface area contributed by atoms with E-state index in [4.69, 9.17) is 0 Å². The molecule has 2 rings (SSSR count). The van der Waals surface area contributed by atoms with Crippen LogP contribution in [0.25, 0.3) is 0 Å². The molecule has 2 aromatic rings. The molecule has 0 aliphatic heterocycles. The first-order chi connectivity index (χ1) is 10.2. The van der Waals surface area contributed by atoms with Gasteiger partial charge in [-0.1, -0.05) is 31.2 Å². The molecule has 1 aromatic carbocycles. The van der Waals surface area contributed by atoms with Crippen LogP contribution in [0, 0.1) is 0 Å². The standard InChI is InChI=1S/C17H22N2OS/c1-3-14-7-4-5-9-16(14)19-17(20)11-13(2)18-12-15-8-6-10-21-15/h4-10,13,18H,3,11-12H2,1-2H3,(H,19,20). The topological polar surface area (TPSA) is 41.1 Å². The maximum absolute atomic E-state index is 12.1. The lowest BCUT2D eigenvalue weighted by Gasteiger charge is -2.14. The number of para-hydroxylation sites is 1. The highest BCUT2D eigenvalue weighted by molar-refractivity contribution is 7.09. The minimum Gasteiger partial charge on any atom is -0.326 e. The van der Waals surface area contributed by atoms with Crippen molar-refractivity contribution in [2.75, 3.05) is 5.32 Å². The number of aryl methyl sites for hydroxylation is 1. The highest BCUT2D eigenvalue weighted by Gasteiger charge is 2.10. The summed E-state index contributed by atoms with van der Waals surface area (Å²) < 4.78 is 0. The Morgan fingerprint density at radius 3 is 2.76 bits per heavy atom. The Morgan fingerprint density at radius 2 is 2.05 bits per heavy atom. The molecule has 1 atom stereocenters. The average Bonchev–Trinajstić information content (AvgIpc) is 2.99. The second kappa shape index (κ2) is 7.96. The first-order valence-corrected chi connectivity index (χ1v) is 8.20. The van der Waals surface area contributed by atoms with Crippen LogP contribution < -0.4 is 10.6 Å². The number of hydrogen-bond donors (Lipinski definition) is 2. The molecule has 1 heterocycles. The third-order valence-corrected chi connectivity index (χ3v) is 4.25. The fourth-order valence-corrected chi connectivity index (χ4v) is 2.85. The van der Waals surface area contributed by atoms with Gasteiger partial charge in [0.1, 0.15) is 0 Å². The largest absolute Gasteiger partial charge is 0.326 e. The van der Waals surface area contributed by atoms with E-state index in [0.29, 0.717) is 6.42 Å². The predicted molar refractivity (Wildman–Crippen MR) is 89.7 cm³/mol. The molecule has 3 nitrogen and oxygen atoms in total. The highest BCUT2D eigenvalue weighted by Crippen LogP contribution is 2.16. The zero-order valence-electron chi connectivity index (χ0n) is 12.6. The zero-order valence-corrected chi connectivity index (χ0v) is 13.4. The SMILES string of the molecule is CCc1ccccc1NC(=O)CC(C)NCc1cccs1. The van der Waals surface area contributed by atoms with E-state index in [1.807, 2.05) is 37.3 Å². The maximum atomic E-state index is 12.1. The first kappa shape index (κ1) is 15.7. The summed E-state index contributed by atoms with van der Waals surface area (Å²) >= 11 is 1.73. The summed E-state index contributed by atoms with van der Waals surface area (Å²) in [4.78, 5) is 13.4. The zero-order chi connectivity index (χ0) is 15.1. The Hall–Kier alpha value is -1.65. The molecule has 0 saturated carbocycles. The number of benzene rings is 1. The smallest absolute Gasteiger partial charge is 0.225 e. The molecule has 0 fully saturated rings. The van der Waals surface area contributed by atoms with E-state index < -0.39 is 0 Å². The number of carbonyl (C=O) groups is 1. The summed E-state index contributed by atoms with van der Waals surface area (Å²) in [5, 5.41) is 8.45. The normalized spacial score (nSPS) is 12.1. The summed E-state index contributed by atoms with van der Waals surface area (Å²) in [7, 11) is 0. The van der Waals surface area contributed by atoms with Crippen molar-refractivity contribution in [3.63, 3.8) is 0 Å². The van der Waals surface area contributed by atoms with Crippen LogP contribution in [-0.2, 0) is 17.8 Å².